The Labute approximate surface area is 240 Å². The highest BCUT2D eigenvalue weighted by Gasteiger charge is 2.33. The Morgan fingerprint density at radius 2 is 1.76 bits per heavy atom. The molecule has 3 amide bonds. The number of aryl methyl sites for hydroxylation is 1. The van der Waals surface area contributed by atoms with Crippen LogP contribution in [0.2, 0.25) is 0 Å². The largest absolute Gasteiger partial charge is 0.355 e. The smallest absolute Gasteiger partial charge is 0.254 e. The second kappa shape index (κ2) is 11.9. The van der Waals surface area contributed by atoms with E-state index in [0.717, 1.165) is 29.8 Å². The summed E-state index contributed by atoms with van der Waals surface area (Å²) in [4.78, 5) is 42.9. The van der Waals surface area contributed by atoms with Gasteiger partial charge in [-0.15, -0.1) is 0 Å². The molecule has 4 aromatic rings. The Morgan fingerprint density at radius 1 is 1.00 bits per heavy atom. The van der Waals surface area contributed by atoms with Gasteiger partial charge in [0.1, 0.15) is 17.5 Å². The summed E-state index contributed by atoms with van der Waals surface area (Å²) in [5.41, 5.74) is 3.65. The lowest BCUT2D eigenvalue weighted by Gasteiger charge is -2.22. The minimum atomic E-state index is -0.898. The lowest BCUT2D eigenvalue weighted by molar-refractivity contribution is -0.125. The summed E-state index contributed by atoms with van der Waals surface area (Å²) in [5.74, 6) is -4.39. The Kier molecular flexibility index (Phi) is 8.06. The van der Waals surface area contributed by atoms with E-state index in [1.165, 1.54) is 25.4 Å². The Bertz CT molecular complexity index is 1690. The number of aromatic nitrogens is 1. The van der Waals surface area contributed by atoms with E-state index in [-0.39, 0.29) is 29.9 Å². The van der Waals surface area contributed by atoms with Crippen molar-refractivity contribution < 1.29 is 27.6 Å². The first-order valence-corrected chi connectivity index (χ1v) is 13.3. The van der Waals surface area contributed by atoms with Crippen molar-refractivity contribution in [1.29, 1.82) is 0 Å². The van der Waals surface area contributed by atoms with Crippen molar-refractivity contribution in [3.63, 3.8) is 0 Å². The maximum absolute atomic E-state index is 14.4. The number of pyridine rings is 1. The zero-order chi connectivity index (χ0) is 30.0. The highest BCUT2D eigenvalue weighted by Crippen LogP contribution is 2.36. The van der Waals surface area contributed by atoms with Crippen LogP contribution in [0.5, 0.6) is 0 Å². The van der Waals surface area contributed by atoms with Gasteiger partial charge in [-0.25, -0.2) is 13.2 Å². The highest BCUT2D eigenvalue weighted by atomic mass is 19.1. The second-order valence-electron chi connectivity index (χ2n) is 10.1. The molecule has 0 aliphatic carbocycles. The first-order valence-electron chi connectivity index (χ1n) is 13.3. The Morgan fingerprint density at radius 3 is 2.50 bits per heavy atom. The van der Waals surface area contributed by atoms with Crippen molar-refractivity contribution >= 4 is 23.4 Å². The zero-order valence-corrected chi connectivity index (χ0v) is 22.8. The first kappa shape index (κ1) is 28.5. The number of anilines is 1. The molecule has 42 heavy (non-hydrogen) atoms. The third-order valence-electron chi connectivity index (χ3n) is 7.16. The summed E-state index contributed by atoms with van der Waals surface area (Å²) in [7, 11) is 1.39. The van der Waals surface area contributed by atoms with Gasteiger partial charge in [-0.1, -0.05) is 24.3 Å². The molecule has 2 heterocycles. The maximum Gasteiger partial charge on any atom is 0.254 e. The quantitative estimate of drug-likeness (QED) is 0.265. The van der Waals surface area contributed by atoms with Crippen LogP contribution in [-0.2, 0) is 16.0 Å². The molecule has 2 atom stereocenters. The molecule has 0 radical (unpaired) electrons. The summed E-state index contributed by atoms with van der Waals surface area (Å²) in [6.07, 6.45) is 1.28. The van der Waals surface area contributed by atoms with Gasteiger partial charge in [-0.05, 0) is 72.0 Å². The first-order chi connectivity index (χ1) is 20.1. The summed E-state index contributed by atoms with van der Waals surface area (Å²) in [6.45, 7) is 1.90. The van der Waals surface area contributed by atoms with E-state index in [1.807, 2.05) is 25.1 Å². The molecule has 1 aromatic heterocycles. The second-order valence-corrected chi connectivity index (χ2v) is 10.1. The molecular weight excluding hydrogens is 545 g/mol. The standard InChI is InChI=1S/C32H27F3N4O3/c1-17-5-7-23-24(32(42)39-27(23)10-17)16-29(40)38-28(13-18-11-20(33)15-21(34)12-18)30-22(4-3-9-37-30)19-6-8-26(35)25(14-19)31(41)36-2/h3-12,14-15,24,28H,13,16H2,1-2H3,(H,36,41)(H,38,40)(H,39,42)/t24?,28-/m0/s1. The van der Waals surface area contributed by atoms with Crippen LogP contribution in [0.25, 0.3) is 11.1 Å². The number of carbonyl (C=O) groups is 3. The van der Waals surface area contributed by atoms with E-state index in [4.69, 9.17) is 0 Å². The fourth-order valence-corrected chi connectivity index (χ4v) is 5.21. The lowest BCUT2D eigenvalue weighted by Crippen LogP contribution is -2.33. The number of benzene rings is 3. The third kappa shape index (κ3) is 6.02. The average molecular weight is 573 g/mol. The number of nitrogens with zero attached hydrogens (tertiary/aromatic N) is 1. The molecule has 1 unspecified atom stereocenters. The van der Waals surface area contributed by atoms with Gasteiger partial charge in [0.05, 0.1) is 23.2 Å². The molecule has 3 N–H and O–H groups in total. The van der Waals surface area contributed by atoms with Gasteiger partial charge < -0.3 is 16.0 Å². The van der Waals surface area contributed by atoms with Crippen LogP contribution in [0.4, 0.5) is 18.9 Å². The molecule has 1 aliphatic heterocycles. The van der Waals surface area contributed by atoms with Gasteiger partial charge in [-0.3, -0.25) is 19.4 Å². The zero-order valence-electron chi connectivity index (χ0n) is 22.8. The van der Waals surface area contributed by atoms with E-state index >= 15 is 0 Å². The topological polar surface area (TPSA) is 100 Å². The number of rotatable bonds is 8. The molecule has 7 nitrogen and oxygen atoms in total. The molecule has 0 fully saturated rings. The van der Waals surface area contributed by atoms with Crippen molar-refractivity contribution in [2.24, 2.45) is 0 Å². The average Bonchev–Trinajstić information content (AvgIpc) is 3.25. The third-order valence-corrected chi connectivity index (χ3v) is 7.16. The lowest BCUT2D eigenvalue weighted by atomic mass is 9.93. The van der Waals surface area contributed by atoms with E-state index < -0.39 is 41.2 Å². The predicted octanol–water partition coefficient (Wildman–Crippen LogP) is 5.36. The molecule has 0 saturated carbocycles. The SMILES string of the molecule is CNC(=O)c1cc(-c2cccnc2[C@H](Cc2cc(F)cc(F)c2)NC(=O)CC2C(=O)Nc3cc(C)ccc32)ccc1F. The molecular formula is C32H27F3N4O3. The van der Waals surface area contributed by atoms with Crippen molar-refractivity contribution in [2.75, 3.05) is 12.4 Å². The summed E-state index contributed by atoms with van der Waals surface area (Å²) < 4.78 is 42.6. The molecule has 5 rings (SSSR count). The minimum Gasteiger partial charge on any atom is -0.355 e. The Balaban J connectivity index is 1.51. The molecule has 214 valence electrons. The summed E-state index contributed by atoms with van der Waals surface area (Å²) in [6, 6.07) is 15.0. The van der Waals surface area contributed by atoms with Crippen LogP contribution in [0.15, 0.2) is 72.9 Å². The van der Waals surface area contributed by atoms with Crippen molar-refractivity contribution in [3.05, 3.63) is 118 Å². The van der Waals surface area contributed by atoms with Gasteiger partial charge in [0.15, 0.2) is 0 Å². The van der Waals surface area contributed by atoms with E-state index in [9.17, 15) is 27.6 Å². The van der Waals surface area contributed by atoms with Crippen LogP contribution in [0.1, 0.15) is 51.1 Å². The highest BCUT2D eigenvalue weighted by molar-refractivity contribution is 6.05. The van der Waals surface area contributed by atoms with Gasteiger partial charge in [0.25, 0.3) is 5.91 Å². The Hall–Kier alpha value is -4.99. The number of nitrogens with one attached hydrogen (secondary N) is 3. The molecule has 1 aliphatic rings. The number of carbonyl (C=O) groups excluding carboxylic acids is 3. The van der Waals surface area contributed by atoms with Gasteiger partial charge >= 0.3 is 0 Å². The van der Waals surface area contributed by atoms with E-state index in [2.05, 4.69) is 20.9 Å². The van der Waals surface area contributed by atoms with Crippen molar-refractivity contribution in [1.82, 2.24) is 15.6 Å². The fourth-order valence-electron chi connectivity index (χ4n) is 5.21. The maximum atomic E-state index is 14.4. The number of amides is 3. The molecule has 0 bridgehead atoms. The summed E-state index contributed by atoms with van der Waals surface area (Å²) >= 11 is 0. The molecule has 3 aromatic carbocycles. The monoisotopic (exact) mass is 572 g/mol. The number of hydrogen-bond acceptors (Lipinski definition) is 4. The van der Waals surface area contributed by atoms with Crippen LogP contribution in [-0.4, -0.2) is 29.8 Å². The van der Waals surface area contributed by atoms with Crippen LogP contribution >= 0.6 is 0 Å². The number of halogens is 3. The molecule has 0 spiro atoms. The minimum absolute atomic E-state index is 0.0411. The fraction of sp³-hybridized carbons (Fsp3) is 0.188. The normalized spacial score (nSPS) is 14.6. The number of hydrogen-bond donors (Lipinski definition) is 3. The van der Waals surface area contributed by atoms with E-state index in [1.54, 1.807) is 12.1 Å². The van der Waals surface area contributed by atoms with Crippen LogP contribution < -0.4 is 16.0 Å². The van der Waals surface area contributed by atoms with Crippen LogP contribution in [0.3, 0.4) is 0 Å². The van der Waals surface area contributed by atoms with Crippen molar-refractivity contribution in [2.45, 2.75) is 31.7 Å². The van der Waals surface area contributed by atoms with Gasteiger partial charge in [-0.2, -0.15) is 0 Å². The van der Waals surface area contributed by atoms with Gasteiger partial charge in [0.2, 0.25) is 11.8 Å². The summed E-state index contributed by atoms with van der Waals surface area (Å²) in [5, 5.41) is 8.11. The van der Waals surface area contributed by atoms with Gasteiger partial charge in [0, 0.05) is 37.0 Å². The van der Waals surface area contributed by atoms with Crippen LogP contribution in [0, 0.1) is 24.4 Å². The number of fused-ring (bicyclic) bond motifs is 1. The van der Waals surface area contributed by atoms with Crippen molar-refractivity contribution in [3.8, 4) is 11.1 Å². The predicted molar refractivity (Wildman–Crippen MR) is 151 cm³/mol. The molecule has 0 saturated heterocycles. The van der Waals surface area contributed by atoms with E-state index in [0.29, 0.717) is 28.1 Å². The molecule has 10 heteroatoms.